The summed E-state index contributed by atoms with van der Waals surface area (Å²) in [5.74, 6) is -2.66. The average Bonchev–Trinajstić information content (AvgIpc) is 3.79. The second-order valence-corrected chi connectivity index (χ2v) is 22.2. The maximum Gasteiger partial charge on any atom is 0.253 e. The van der Waals surface area contributed by atoms with Gasteiger partial charge >= 0.3 is 0 Å². The molecule has 5 amide bonds. The van der Waals surface area contributed by atoms with Crippen LogP contribution in [0.25, 0.3) is 0 Å². The van der Waals surface area contributed by atoms with Gasteiger partial charge in [0.15, 0.2) is 5.78 Å². The highest BCUT2D eigenvalue weighted by molar-refractivity contribution is 6.12. The lowest BCUT2D eigenvalue weighted by Crippen LogP contribution is -2.54. The highest BCUT2D eigenvalue weighted by Crippen LogP contribution is 2.63. The minimum Gasteiger partial charge on any atom is -0.379 e. The summed E-state index contributed by atoms with van der Waals surface area (Å²) in [6.45, 7) is 18.4. The number of nitrogens with zero attached hydrogens (tertiary/aromatic N) is 5. The second-order valence-electron chi connectivity index (χ2n) is 22.2. The summed E-state index contributed by atoms with van der Waals surface area (Å²) in [5.41, 5.74) is 0.183. The van der Waals surface area contributed by atoms with Crippen molar-refractivity contribution >= 4 is 41.1 Å². The van der Waals surface area contributed by atoms with Crippen LogP contribution in [0, 0.1) is 35.0 Å². The molecule has 0 bridgehead atoms. The summed E-state index contributed by atoms with van der Waals surface area (Å²) in [4.78, 5) is 104. The van der Waals surface area contributed by atoms with Gasteiger partial charge in [0.1, 0.15) is 12.5 Å². The number of hydrogen-bond acceptors (Lipinski definition) is 14. The molecular formula is C58H91N5O13. The predicted octanol–water partition coefficient (Wildman–Crippen LogP) is 5.41. The van der Waals surface area contributed by atoms with E-state index in [1.807, 2.05) is 81.8 Å². The molecule has 0 spiro atoms. The van der Waals surface area contributed by atoms with E-state index in [4.69, 9.17) is 28.4 Å². The van der Waals surface area contributed by atoms with Gasteiger partial charge in [0.05, 0.1) is 95.0 Å². The predicted molar refractivity (Wildman–Crippen MR) is 287 cm³/mol. The number of carbonyl (C=O) groups is 7. The number of likely N-dealkylation sites (N-methyl/N-ethyl adjacent to an activating group) is 2. The van der Waals surface area contributed by atoms with E-state index in [1.165, 1.54) is 12.2 Å². The van der Waals surface area contributed by atoms with Gasteiger partial charge in [0, 0.05) is 77.7 Å². The van der Waals surface area contributed by atoms with Crippen molar-refractivity contribution in [1.82, 2.24) is 24.5 Å². The van der Waals surface area contributed by atoms with Crippen LogP contribution in [0.4, 0.5) is 0 Å². The molecule has 1 saturated carbocycles. The topological polar surface area (TPSA) is 191 Å². The van der Waals surface area contributed by atoms with Crippen LogP contribution >= 0.6 is 0 Å². The minimum atomic E-state index is -0.860. The van der Waals surface area contributed by atoms with Gasteiger partial charge in [-0.15, -0.1) is 0 Å². The van der Waals surface area contributed by atoms with Crippen LogP contribution in [-0.2, 0) is 62.0 Å². The number of carbonyl (C=O) groups excluding carboxylic acids is 7. The van der Waals surface area contributed by atoms with E-state index in [9.17, 15) is 33.6 Å². The lowest BCUT2D eigenvalue weighted by molar-refractivity contribution is -0.150. The Bertz CT molecular complexity index is 2080. The normalized spacial score (nSPS) is 22.5. The molecule has 18 heteroatoms. The fourth-order valence-corrected chi connectivity index (χ4v) is 11.8. The zero-order chi connectivity index (χ0) is 55.7. The number of methoxy groups -OCH3 is 2. The molecule has 5 rings (SSSR count). The Labute approximate surface area is 452 Å². The molecule has 1 aromatic carbocycles. The van der Waals surface area contributed by atoms with Crippen LogP contribution in [0.1, 0.15) is 111 Å². The second kappa shape index (κ2) is 30.1. The number of hydrogen-bond donors (Lipinski definition) is 0. The van der Waals surface area contributed by atoms with Crippen molar-refractivity contribution in [2.45, 2.75) is 136 Å². The Hall–Kier alpha value is -4.43. The van der Waals surface area contributed by atoms with Crippen molar-refractivity contribution in [1.29, 1.82) is 0 Å². The van der Waals surface area contributed by atoms with Crippen LogP contribution in [0.15, 0.2) is 42.5 Å². The smallest absolute Gasteiger partial charge is 0.253 e. The fraction of sp³-hybridized carbons (Fsp3) is 0.741. The van der Waals surface area contributed by atoms with Crippen molar-refractivity contribution in [3.05, 3.63) is 48.0 Å². The summed E-state index contributed by atoms with van der Waals surface area (Å²) in [6, 6.07) is 8.62. The quantitative estimate of drug-likeness (QED) is 0.0629. The number of likely N-dealkylation sites (tertiary alicyclic amines) is 1. The number of imide groups is 1. The summed E-state index contributed by atoms with van der Waals surface area (Å²) < 4.78 is 34.9. The molecule has 0 N–H and O–H groups in total. The zero-order valence-corrected chi connectivity index (χ0v) is 47.6. The molecule has 4 aliphatic rings. The molecule has 2 saturated heterocycles. The van der Waals surface area contributed by atoms with Crippen molar-refractivity contribution in [2.24, 2.45) is 35.0 Å². The monoisotopic (exact) mass is 1070 g/mol. The highest BCUT2D eigenvalue weighted by Gasteiger charge is 2.63. The van der Waals surface area contributed by atoms with E-state index in [0.29, 0.717) is 78.5 Å². The van der Waals surface area contributed by atoms with Gasteiger partial charge < -0.3 is 43.1 Å². The number of amides is 5. The standard InChI is InChI=1S/C58H91N5O13/c1-12-41(6)54(60(9)56(69)44(39(2)3)34-47(64)53(40(4)5)59(8)25-28-73-30-32-75-33-31-74-29-26-63-50(66)21-22-51(63)67)49(71-10)35-52(68)62-24-16-20-46(62)55(72-11)42(7)48(65)37-58(57(70)61-23-17-27-76-38-61)36-45(58)43-18-14-13-15-19-43/h13-15,18-19,21-22,39-42,44-46,49,53-55H,12,16-17,20,23-38H2,1-11H3/t41-,42-,44-,45+,46-,49+,53-,54-,55+,58-/m0/s1. The first kappa shape index (κ1) is 62.4. The number of ether oxygens (including phenoxy) is 6. The van der Waals surface area contributed by atoms with E-state index in [1.54, 1.807) is 31.1 Å². The van der Waals surface area contributed by atoms with Gasteiger partial charge in [-0.3, -0.25) is 43.4 Å². The molecule has 10 atom stereocenters. The molecule has 0 radical (unpaired) electrons. The third-order valence-corrected chi connectivity index (χ3v) is 16.5. The van der Waals surface area contributed by atoms with Gasteiger partial charge in [0.2, 0.25) is 17.7 Å². The molecule has 3 aliphatic heterocycles. The van der Waals surface area contributed by atoms with Gasteiger partial charge in [-0.25, -0.2) is 0 Å². The first-order valence-electron chi connectivity index (χ1n) is 27.9. The fourth-order valence-electron chi connectivity index (χ4n) is 11.8. The van der Waals surface area contributed by atoms with E-state index in [-0.39, 0.29) is 110 Å². The van der Waals surface area contributed by atoms with Crippen LogP contribution in [0.3, 0.4) is 0 Å². The third-order valence-electron chi connectivity index (χ3n) is 16.5. The third kappa shape index (κ3) is 16.1. The minimum absolute atomic E-state index is 0.00604. The van der Waals surface area contributed by atoms with Gasteiger partial charge in [-0.05, 0) is 62.0 Å². The number of benzene rings is 1. The number of rotatable bonds is 34. The average molecular weight is 1070 g/mol. The molecular weight excluding hydrogens is 975 g/mol. The Morgan fingerprint density at radius 2 is 1.43 bits per heavy atom. The molecule has 1 aliphatic carbocycles. The SMILES string of the molecule is CC[C@H](C)[C@@H]([C@@H](CC(=O)N1CCC[C@H]1[C@H](OC)[C@@H](C)C(=O)C[C@@]1(C(=O)N2CCCOC2)C[C@@H]1c1ccccc1)OC)N(C)C(=O)[C@@H](CC(=O)[C@H](C(C)C)N(C)CCOCCOCCOCCN1C(=O)C=CC1=O)C(C)C. The molecule has 3 fully saturated rings. The van der Waals surface area contributed by atoms with Gasteiger partial charge in [0.25, 0.3) is 11.8 Å². The number of ketones is 2. The van der Waals surface area contributed by atoms with Crippen LogP contribution in [-0.4, -0.2) is 203 Å². The largest absolute Gasteiger partial charge is 0.379 e. The van der Waals surface area contributed by atoms with E-state index in [0.717, 1.165) is 23.3 Å². The van der Waals surface area contributed by atoms with Crippen LogP contribution in [0.5, 0.6) is 0 Å². The van der Waals surface area contributed by atoms with Gasteiger partial charge in [-0.2, -0.15) is 0 Å². The first-order chi connectivity index (χ1) is 36.3. The number of Topliss-reactive ketones (excluding diaryl/α,β-unsaturated/α-hetero) is 2. The maximum absolute atomic E-state index is 14.8. The lowest BCUT2D eigenvalue weighted by atomic mass is 9.83. The summed E-state index contributed by atoms with van der Waals surface area (Å²) in [7, 11) is 6.82. The van der Waals surface area contributed by atoms with Crippen molar-refractivity contribution < 1.29 is 62.0 Å². The lowest BCUT2D eigenvalue weighted by Gasteiger charge is -2.41. The van der Waals surface area contributed by atoms with Crippen LogP contribution < -0.4 is 0 Å². The Morgan fingerprint density at radius 3 is 2.01 bits per heavy atom. The summed E-state index contributed by atoms with van der Waals surface area (Å²) in [5, 5.41) is 0. The molecule has 1 aromatic rings. The molecule has 0 aromatic heterocycles. The Kier molecular flexibility index (Phi) is 24.7. The molecule has 3 heterocycles. The highest BCUT2D eigenvalue weighted by atomic mass is 16.5. The van der Waals surface area contributed by atoms with Crippen molar-refractivity contribution in [3.63, 3.8) is 0 Å². The van der Waals surface area contributed by atoms with E-state index >= 15 is 0 Å². The van der Waals surface area contributed by atoms with Crippen molar-refractivity contribution in [3.8, 4) is 0 Å². The van der Waals surface area contributed by atoms with Gasteiger partial charge in [-0.1, -0.05) is 85.2 Å². The summed E-state index contributed by atoms with van der Waals surface area (Å²) in [6.07, 6.45) is 4.80. The maximum atomic E-state index is 14.8. The molecule has 0 unspecified atom stereocenters. The van der Waals surface area contributed by atoms with Crippen LogP contribution in [0.2, 0.25) is 0 Å². The first-order valence-corrected chi connectivity index (χ1v) is 27.9. The summed E-state index contributed by atoms with van der Waals surface area (Å²) >= 11 is 0. The zero-order valence-electron chi connectivity index (χ0n) is 47.6. The molecule has 426 valence electrons. The Morgan fingerprint density at radius 1 is 0.789 bits per heavy atom. The van der Waals surface area contributed by atoms with E-state index in [2.05, 4.69) is 13.8 Å². The van der Waals surface area contributed by atoms with E-state index < -0.39 is 41.5 Å². The molecule has 18 nitrogen and oxygen atoms in total. The van der Waals surface area contributed by atoms with Crippen molar-refractivity contribution in [2.75, 3.05) is 107 Å². The Balaban J connectivity index is 1.16. The molecule has 76 heavy (non-hydrogen) atoms.